The summed E-state index contributed by atoms with van der Waals surface area (Å²) in [5.41, 5.74) is 2.54. The van der Waals surface area contributed by atoms with E-state index in [9.17, 15) is 4.79 Å². The zero-order valence-electron chi connectivity index (χ0n) is 12.4. The largest absolute Gasteiger partial charge is 0.481 e. The molecule has 2 atom stereocenters. The predicted octanol–water partition coefficient (Wildman–Crippen LogP) is 3.91. The van der Waals surface area contributed by atoms with Crippen LogP contribution in [0.2, 0.25) is 5.02 Å². The van der Waals surface area contributed by atoms with Gasteiger partial charge in [0.05, 0.1) is 6.04 Å². The Labute approximate surface area is 135 Å². The molecule has 3 rings (SSSR count). The second-order valence-corrected chi connectivity index (χ2v) is 5.95. The van der Waals surface area contributed by atoms with Crippen molar-refractivity contribution in [3.8, 4) is 5.75 Å². The molecule has 0 saturated heterocycles. The minimum Gasteiger partial charge on any atom is -0.481 e. The molecule has 0 saturated carbocycles. The van der Waals surface area contributed by atoms with E-state index >= 15 is 0 Å². The molecule has 2 aromatic rings. The molecule has 1 amide bonds. The van der Waals surface area contributed by atoms with E-state index in [0.717, 1.165) is 12.8 Å². The Hall–Kier alpha value is -2.00. The molecule has 2 aromatic carbocycles. The first-order valence-corrected chi connectivity index (χ1v) is 7.81. The highest BCUT2D eigenvalue weighted by atomic mass is 35.5. The van der Waals surface area contributed by atoms with E-state index in [1.807, 2.05) is 12.1 Å². The third-order valence-corrected chi connectivity index (χ3v) is 4.20. The lowest BCUT2D eigenvalue weighted by Crippen LogP contribution is -2.38. The van der Waals surface area contributed by atoms with Crippen LogP contribution in [0.1, 0.15) is 30.5 Å². The van der Waals surface area contributed by atoms with Crippen LogP contribution in [0.15, 0.2) is 48.5 Å². The average molecular weight is 316 g/mol. The van der Waals surface area contributed by atoms with Crippen molar-refractivity contribution >= 4 is 17.5 Å². The number of aryl methyl sites for hydroxylation is 1. The Morgan fingerprint density at radius 3 is 2.73 bits per heavy atom. The van der Waals surface area contributed by atoms with Gasteiger partial charge >= 0.3 is 0 Å². The topological polar surface area (TPSA) is 38.3 Å². The van der Waals surface area contributed by atoms with Crippen molar-refractivity contribution < 1.29 is 9.53 Å². The van der Waals surface area contributed by atoms with Crippen molar-refractivity contribution in [1.29, 1.82) is 0 Å². The predicted molar refractivity (Wildman–Crippen MR) is 87.2 cm³/mol. The molecule has 0 spiro atoms. The van der Waals surface area contributed by atoms with E-state index in [1.165, 1.54) is 11.1 Å². The lowest BCUT2D eigenvalue weighted by molar-refractivity contribution is -0.128. The Balaban J connectivity index is 1.61. The number of benzene rings is 2. The SMILES string of the molecule is C[C@H](Oc1ccc(Cl)cc1)C(=O)N[C@@H]1CCc2ccccc21. The first-order chi connectivity index (χ1) is 10.6. The molecule has 0 fully saturated rings. The summed E-state index contributed by atoms with van der Waals surface area (Å²) in [6, 6.07) is 15.3. The van der Waals surface area contributed by atoms with E-state index in [4.69, 9.17) is 16.3 Å². The van der Waals surface area contributed by atoms with E-state index in [0.29, 0.717) is 10.8 Å². The smallest absolute Gasteiger partial charge is 0.261 e. The van der Waals surface area contributed by atoms with Gasteiger partial charge in [-0.2, -0.15) is 0 Å². The molecule has 0 unspecified atom stereocenters. The minimum absolute atomic E-state index is 0.0833. The van der Waals surface area contributed by atoms with Gasteiger partial charge in [-0.15, -0.1) is 0 Å². The molecule has 3 nitrogen and oxygen atoms in total. The van der Waals surface area contributed by atoms with E-state index in [-0.39, 0.29) is 11.9 Å². The minimum atomic E-state index is -0.547. The first-order valence-electron chi connectivity index (χ1n) is 7.44. The summed E-state index contributed by atoms with van der Waals surface area (Å²) in [7, 11) is 0. The zero-order chi connectivity index (χ0) is 15.5. The molecule has 0 radical (unpaired) electrons. The summed E-state index contributed by atoms with van der Waals surface area (Å²) in [4.78, 5) is 12.3. The lowest BCUT2D eigenvalue weighted by atomic mass is 10.1. The first kappa shape index (κ1) is 14.9. The summed E-state index contributed by atoms with van der Waals surface area (Å²) in [6.45, 7) is 1.75. The second kappa shape index (κ2) is 6.41. The van der Waals surface area contributed by atoms with Gasteiger partial charge in [-0.1, -0.05) is 35.9 Å². The Bertz CT molecular complexity index is 669. The molecular weight excluding hydrogens is 298 g/mol. The van der Waals surface area contributed by atoms with Crippen molar-refractivity contribution in [3.63, 3.8) is 0 Å². The molecule has 4 heteroatoms. The third-order valence-electron chi connectivity index (χ3n) is 3.95. The van der Waals surface area contributed by atoms with Crippen molar-refractivity contribution in [2.75, 3.05) is 0 Å². The number of carbonyl (C=O) groups is 1. The highest BCUT2D eigenvalue weighted by Gasteiger charge is 2.25. The number of halogens is 1. The van der Waals surface area contributed by atoms with Crippen LogP contribution >= 0.6 is 11.6 Å². The molecule has 22 heavy (non-hydrogen) atoms. The maximum Gasteiger partial charge on any atom is 0.261 e. The summed E-state index contributed by atoms with van der Waals surface area (Å²) >= 11 is 5.84. The zero-order valence-corrected chi connectivity index (χ0v) is 13.1. The normalized spacial score (nSPS) is 17.6. The molecule has 0 aromatic heterocycles. The van der Waals surface area contributed by atoms with Crippen molar-refractivity contribution in [3.05, 3.63) is 64.7 Å². The number of hydrogen-bond acceptors (Lipinski definition) is 2. The van der Waals surface area contributed by atoms with Gasteiger partial charge in [-0.25, -0.2) is 0 Å². The molecule has 0 heterocycles. The molecule has 1 aliphatic rings. The van der Waals surface area contributed by atoms with Gasteiger partial charge in [0.15, 0.2) is 6.10 Å². The van der Waals surface area contributed by atoms with Gasteiger partial charge in [0.1, 0.15) is 5.75 Å². The number of fused-ring (bicyclic) bond motifs is 1. The van der Waals surface area contributed by atoms with Gasteiger partial charge in [0.25, 0.3) is 5.91 Å². The fourth-order valence-corrected chi connectivity index (χ4v) is 2.89. The van der Waals surface area contributed by atoms with Gasteiger partial charge in [0.2, 0.25) is 0 Å². The summed E-state index contributed by atoms with van der Waals surface area (Å²) in [5, 5.41) is 3.72. The molecular formula is C18H18ClNO2. The second-order valence-electron chi connectivity index (χ2n) is 5.51. The summed E-state index contributed by atoms with van der Waals surface area (Å²) in [5.74, 6) is 0.538. The highest BCUT2D eigenvalue weighted by molar-refractivity contribution is 6.30. The van der Waals surface area contributed by atoms with E-state index in [1.54, 1.807) is 31.2 Å². The average Bonchev–Trinajstić information content (AvgIpc) is 2.93. The third kappa shape index (κ3) is 3.25. The highest BCUT2D eigenvalue weighted by Crippen LogP contribution is 2.30. The van der Waals surface area contributed by atoms with Crippen molar-refractivity contribution in [2.24, 2.45) is 0 Å². The fraction of sp³-hybridized carbons (Fsp3) is 0.278. The maximum absolute atomic E-state index is 12.3. The number of nitrogens with one attached hydrogen (secondary N) is 1. The number of ether oxygens (including phenoxy) is 1. The van der Waals surface area contributed by atoms with Gasteiger partial charge in [-0.3, -0.25) is 4.79 Å². The summed E-state index contributed by atoms with van der Waals surface area (Å²) < 4.78 is 5.66. The molecule has 0 bridgehead atoms. The Morgan fingerprint density at radius 2 is 1.95 bits per heavy atom. The molecule has 0 aliphatic heterocycles. The monoisotopic (exact) mass is 315 g/mol. The van der Waals surface area contributed by atoms with Crippen LogP contribution in [0.5, 0.6) is 5.75 Å². The maximum atomic E-state index is 12.3. The van der Waals surface area contributed by atoms with Gasteiger partial charge < -0.3 is 10.1 Å². The van der Waals surface area contributed by atoms with Crippen molar-refractivity contribution in [1.82, 2.24) is 5.32 Å². The number of rotatable bonds is 4. The van der Waals surface area contributed by atoms with Crippen LogP contribution in [0.3, 0.4) is 0 Å². The molecule has 1 aliphatic carbocycles. The van der Waals surface area contributed by atoms with E-state index < -0.39 is 6.10 Å². The molecule has 114 valence electrons. The van der Waals surface area contributed by atoms with Gasteiger partial charge in [-0.05, 0) is 55.2 Å². The van der Waals surface area contributed by atoms with Crippen LogP contribution in [-0.2, 0) is 11.2 Å². The molecule has 1 N–H and O–H groups in total. The van der Waals surface area contributed by atoms with Crippen LogP contribution in [0.4, 0.5) is 0 Å². The van der Waals surface area contributed by atoms with Crippen LogP contribution in [0, 0.1) is 0 Å². The standard InChI is InChI=1S/C18H18ClNO2/c1-12(22-15-9-7-14(19)8-10-15)18(21)20-17-11-6-13-4-2-3-5-16(13)17/h2-5,7-10,12,17H,6,11H2,1H3,(H,20,21)/t12-,17+/m0/s1. The number of amides is 1. The van der Waals surface area contributed by atoms with E-state index in [2.05, 4.69) is 17.4 Å². The van der Waals surface area contributed by atoms with Crippen LogP contribution in [0.25, 0.3) is 0 Å². The number of hydrogen-bond donors (Lipinski definition) is 1. The quantitative estimate of drug-likeness (QED) is 0.929. The lowest BCUT2D eigenvalue weighted by Gasteiger charge is -2.19. The fourth-order valence-electron chi connectivity index (χ4n) is 2.77. The Morgan fingerprint density at radius 1 is 1.23 bits per heavy atom. The van der Waals surface area contributed by atoms with Crippen molar-refractivity contribution in [2.45, 2.75) is 31.9 Å². The van der Waals surface area contributed by atoms with Crippen LogP contribution < -0.4 is 10.1 Å². The van der Waals surface area contributed by atoms with Gasteiger partial charge in [0, 0.05) is 5.02 Å². The van der Waals surface area contributed by atoms with Crippen LogP contribution in [-0.4, -0.2) is 12.0 Å². The number of carbonyl (C=O) groups excluding carboxylic acids is 1. The summed E-state index contributed by atoms with van der Waals surface area (Å²) in [6.07, 6.45) is 1.40. The Kier molecular flexibility index (Phi) is 4.34.